The molecule has 0 saturated heterocycles. The summed E-state index contributed by atoms with van der Waals surface area (Å²) in [6.07, 6.45) is -0.165. The van der Waals surface area contributed by atoms with Crippen LogP contribution in [0.5, 0.6) is 5.75 Å². The Kier molecular flexibility index (Phi) is 7.59. The fourth-order valence-electron chi connectivity index (χ4n) is 3.09. The quantitative estimate of drug-likeness (QED) is 0.199. The Balaban J connectivity index is 0.000000491. The predicted molar refractivity (Wildman–Crippen MR) is 121 cm³/mol. The minimum atomic E-state index is -6.00. The average molecular weight is 538 g/mol. The minimum Gasteiger partial charge on any atom is -0.479 e. The number of benzene rings is 2. The normalized spacial score (nSPS) is 14.6. The molecule has 3 aromatic rings. The fraction of sp³-hybridized carbons (Fsp3) is 0.250. The van der Waals surface area contributed by atoms with Crippen LogP contribution in [0.1, 0.15) is 30.4 Å². The van der Waals surface area contributed by atoms with Crippen molar-refractivity contribution in [1.82, 2.24) is 4.58 Å². The molecule has 4 rings (SSSR count). The monoisotopic (exact) mass is 537 g/mol. The number of ether oxygens (including phenoxy) is 1. The molecule has 0 amide bonds. The standard InChI is InChI=1S/C20H18BrFNOS2.BF4/c1-3-23(4-2)20-25-18-15-11-14(22)9-10-16(15)24-17(19(18)26-20)12-5-7-13(21)8-6-12;2-1(3,4)5/h5-11,17H,3-4H2,1-2H3;/q+1;-1. The number of hydrogen-bond acceptors (Lipinski definition) is 3. The van der Waals surface area contributed by atoms with Crippen LogP contribution in [-0.4, -0.2) is 20.3 Å². The maximum atomic E-state index is 13.9. The topological polar surface area (TPSA) is 12.2 Å². The van der Waals surface area contributed by atoms with Gasteiger partial charge in [0.25, 0.3) is 0 Å². The second kappa shape index (κ2) is 9.83. The fourth-order valence-corrected chi connectivity index (χ4v) is 6.40. The van der Waals surface area contributed by atoms with Crippen LogP contribution in [0.4, 0.5) is 21.7 Å². The van der Waals surface area contributed by atoms with Crippen molar-refractivity contribution in [3.8, 4) is 16.2 Å². The molecule has 1 aliphatic heterocycles. The molecule has 2 nitrogen and oxygen atoms in total. The van der Waals surface area contributed by atoms with Crippen LogP contribution in [0.2, 0.25) is 0 Å². The molecule has 0 saturated carbocycles. The van der Waals surface area contributed by atoms with Gasteiger partial charge in [0, 0.05) is 10.0 Å². The van der Waals surface area contributed by atoms with E-state index in [1.165, 1.54) is 10.1 Å². The highest BCUT2D eigenvalue weighted by molar-refractivity contribution is 9.10. The highest BCUT2D eigenvalue weighted by atomic mass is 79.9. The summed E-state index contributed by atoms with van der Waals surface area (Å²) >= 11 is 6.98. The Labute approximate surface area is 192 Å². The Hall–Kier alpha value is -1.72. The molecule has 0 radical (unpaired) electrons. The van der Waals surface area contributed by atoms with E-state index in [0.29, 0.717) is 0 Å². The van der Waals surface area contributed by atoms with Gasteiger partial charge in [-0.2, -0.15) is 0 Å². The first-order chi connectivity index (χ1) is 14.6. The number of nitrogens with zero attached hydrogens (tertiary/aromatic N) is 1. The molecule has 2 aromatic carbocycles. The molecule has 0 bridgehead atoms. The Morgan fingerprint density at radius 1 is 1.00 bits per heavy atom. The van der Waals surface area contributed by atoms with E-state index >= 15 is 0 Å². The van der Waals surface area contributed by atoms with E-state index in [9.17, 15) is 21.7 Å². The zero-order valence-corrected chi connectivity index (χ0v) is 19.8. The number of hydrogen-bond donors (Lipinski definition) is 0. The molecule has 166 valence electrons. The zero-order chi connectivity index (χ0) is 22.8. The highest BCUT2D eigenvalue weighted by Gasteiger charge is 2.32. The summed E-state index contributed by atoms with van der Waals surface area (Å²) in [5.74, 6) is 0.509. The molecule has 2 heterocycles. The van der Waals surface area contributed by atoms with E-state index in [4.69, 9.17) is 4.74 Å². The zero-order valence-electron chi connectivity index (χ0n) is 16.6. The predicted octanol–water partition coefficient (Wildman–Crippen LogP) is 6.97. The summed E-state index contributed by atoms with van der Waals surface area (Å²) in [6, 6.07) is 13.0. The van der Waals surface area contributed by atoms with Gasteiger partial charge in [-0.05, 0) is 49.7 Å². The summed E-state index contributed by atoms with van der Waals surface area (Å²) in [7, 11) is -6.00. The van der Waals surface area contributed by atoms with Crippen molar-refractivity contribution in [1.29, 1.82) is 0 Å². The van der Waals surface area contributed by atoms with Crippen LogP contribution in [0.3, 0.4) is 0 Å². The molecule has 1 aromatic heterocycles. The van der Waals surface area contributed by atoms with E-state index in [0.717, 1.165) is 44.2 Å². The number of halogens is 6. The van der Waals surface area contributed by atoms with Crippen LogP contribution < -0.4 is 13.3 Å². The molecule has 1 atom stereocenters. The Bertz CT molecular complexity index is 1120. The minimum absolute atomic E-state index is 0.165. The van der Waals surface area contributed by atoms with E-state index in [1.807, 2.05) is 12.1 Å². The van der Waals surface area contributed by atoms with Gasteiger partial charge in [-0.3, -0.25) is 0 Å². The second-order valence-corrected chi connectivity index (χ2v) is 9.72. The summed E-state index contributed by atoms with van der Waals surface area (Å²) in [5.41, 5.74) is 1.96. The van der Waals surface area contributed by atoms with Crippen molar-refractivity contribution < 1.29 is 26.4 Å². The van der Waals surface area contributed by atoms with Crippen molar-refractivity contribution in [2.45, 2.75) is 20.0 Å². The van der Waals surface area contributed by atoms with E-state index < -0.39 is 7.25 Å². The first kappa shape index (κ1) is 23.9. The van der Waals surface area contributed by atoms with Gasteiger partial charge in [0.2, 0.25) is 0 Å². The summed E-state index contributed by atoms with van der Waals surface area (Å²) in [5, 5.41) is 0. The van der Waals surface area contributed by atoms with Crippen molar-refractivity contribution in [3.63, 3.8) is 0 Å². The number of fused-ring (bicyclic) bond motifs is 3. The third-order valence-corrected chi connectivity index (χ3v) is 7.78. The molecule has 0 fully saturated rings. The lowest BCUT2D eigenvalue weighted by Gasteiger charge is -2.25. The molecule has 0 spiro atoms. The molecule has 31 heavy (non-hydrogen) atoms. The first-order valence-electron chi connectivity index (χ1n) is 9.41. The van der Waals surface area contributed by atoms with E-state index in [2.05, 4.69) is 46.5 Å². The maximum Gasteiger partial charge on any atom is 0.673 e. The lowest BCUT2D eigenvalue weighted by Crippen LogP contribution is -2.25. The maximum absolute atomic E-state index is 13.9. The van der Waals surface area contributed by atoms with Crippen molar-refractivity contribution in [3.05, 3.63) is 67.2 Å². The molecular weight excluding hydrogens is 520 g/mol. The van der Waals surface area contributed by atoms with Crippen molar-refractivity contribution >= 4 is 45.9 Å². The van der Waals surface area contributed by atoms with Gasteiger partial charge < -0.3 is 22.0 Å². The second-order valence-electron chi connectivity index (χ2n) is 6.52. The van der Waals surface area contributed by atoms with Gasteiger partial charge in [0.1, 0.15) is 24.7 Å². The van der Waals surface area contributed by atoms with Crippen LogP contribution in [0.15, 0.2) is 46.9 Å². The molecule has 1 aliphatic rings. The number of rotatable bonds is 3. The summed E-state index contributed by atoms with van der Waals surface area (Å²) in [4.78, 5) is 2.27. The molecule has 0 aliphatic carbocycles. The average Bonchev–Trinajstić information content (AvgIpc) is 3.13. The smallest absolute Gasteiger partial charge is 0.479 e. The largest absolute Gasteiger partial charge is 0.673 e. The molecule has 0 N–H and O–H groups in total. The Morgan fingerprint density at radius 2 is 1.61 bits per heavy atom. The van der Waals surface area contributed by atoms with Crippen LogP contribution in [0, 0.1) is 5.82 Å². The SMILES string of the molecule is CC[N+](CC)=c1sc2c(s1)C(c1ccc(Br)cc1)Oc1ccc(F)cc1-2.F[B-](F)(F)F. The van der Waals surface area contributed by atoms with Gasteiger partial charge in [-0.1, -0.05) is 50.7 Å². The van der Waals surface area contributed by atoms with Gasteiger partial charge in [0.05, 0.1) is 9.75 Å². The summed E-state index contributed by atoms with van der Waals surface area (Å²) < 4.78 is 63.8. The van der Waals surface area contributed by atoms with Gasteiger partial charge in [0.15, 0.2) is 6.10 Å². The van der Waals surface area contributed by atoms with Crippen molar-refractivity contribution in [2.75, 3.05) is 13.1 Å². The lowest BCUT2D eigenvalue weighted by molar-refractivity contribution is 0.247. The van der Waals surface area contributed by atoms with Crippen molar-refractivity contribution in [2.24, 2.45) is 0 Å². The van der Waals surface area contributed by atoms with Gasteiger partial charge >= 0.3 is 11.2 Å². The Morgan fingerprint density at radius 3 is 2.19 bits per heavy atom. The third kappa shape index (κ3) is 5.96. The third-order valence-electron chi connectivity index (χ3n) is 4.47. The highest BCUT2D eigenvalue weighted by Crippen LogP contribution is 2.48. The van der Waals surface area contributed by atoms with E-state index in [-0.39, 0.29) is 11.9 Å². The van der Waals surface area contributed by atoms with Gasteiger partial charge in [-0.25, -0.2) is 8.97 Å². The molecule has 11 heteroatoms. The van der Waals surface area contributed by atoms with Crippen LogP contribution >= 0.6 is 38.6 Å². The lowest BCUT2D eigenvalue weighted by atomic mass is 10.0. The molecule has 1 unspecified atom stereocenters. The summed E-state index contributed by atoms with van der Waals surface area (Å²) in [6.45, 7) is 6.22. The molecular formula is C20H18BBrF5NOS2. The van der Waals surface area contributed by atoms with Gasteiger partial charge in [-0.15, -0.1) is 0 Å². The van der Waals surface area contributed by atoms with Crippen LogP contribution in [-0.2, 0) is 0 Å². The van der Waals surface area contributed by atoms with Crippen LogP contribution in [0.25, 0.3) is 10.4 Å². The first-order valence-corrected chi connectivity index (χ1v) is 11.8. The van der Waals surface area contributed by atoms with E-state index in [1.54, 1.807) is 34.8 Å².